The summed E-state index contributed by atoms with van der Waals surface area (Å²) in [5.74, 6) is 0. The summed E-state index contributed by atoms with van der Waals surface area (Å²) in [6, 6.07) is 10.5. The zero-order valence-electron chi connectivity index (χ0n) is 16.1. The fraction of sp³-hybridized carbons (Fsp3) is 0.348. The van der Waals surface area contributed by atoms with Gasteiger partial charge in [-0.05, 0) is 54.4 Å². The van der Waals surface area contributed by atoms with E-state index in [9.17, 15) is 0 Å². The molecular weight excluding hydrogens is 354 g/mol. The van der Waals surface area contributed by atoms with Gasteiger partial charge >= 0.3 is 0 Å². The zero-order chi connectivity index (χ0) is 19.0. The first-order valence-corrected chi connectivity index (χ1v) is 10.1. The normalized spacial score (nSPS) is 14.5. The highest BCUT2D eigenvalue weighted by Gasteiger charge is 2.22. The number of hydrogen-bond acceptors (Lipinski definition) is 2. The highest BCUT2D eigenvalue weighted by Crippen LogP contribution is 2.33. The minimum atomic E-state index is 0.784. The predicted octanol–water partition coefficient (Wildman–Crippen LogP) is 5.34. The number of aromatic nitrogens is 2. The average Bonchev–Trinajstić information content (AvgIpc) is 2.95. The number of halogens is 1. The quantitative estimate of drug-likeness (QED) is 0.596. The van der Waals surface area contributed by atoms with Gasteiger partial charge in [0.05, 0.1) is 0 Å². The molecule has 0 amide bonds. The SMILES string of the molecule is C=C(Cn1c2c(c3cc(Cl)ccc31)CN(C)CC2)c1ccc(CCC)nc1. The van der Waals surface area contributed by atoms with Crippen molar-refractivity contribution in [2.45, 2.75) is 39.3 Å². The van der Waals surface area contributed by atoms with E-state index >= 15 is 0 Å². The Hall–Kier alpha value is -2.10. The van der Waals surface area contributed by atoms with Crippen LogP contribution < -0.4 is 0 Å². The number of aryl methyl sites for hydroxylation is 1. The third-order valence-corrected chi connectivity index (χ3v) is 5.73. The van der Waals surface area contributed by atoms with Crippen molar-refractivity contribution >= 4 is 28.1 Å². The second-order valence-electron chi connectivity index (χ2n) is 7.55. The van der Waals surface area contributed by atoms with Crippen molar-refractivity contribution in [2.75, 3.05) is 13.6 Å². The van der Waals surface area contributed by atoms with Crippen molar-refractivity contribution < 1.29 is 0 Å². The standard InChI is InChI=1S/C23H26ClN3/c1-4-5-19-8-6-17(13-25-19)16(2)14-27-22-9-7-18(24)12-20(22)21-15-26(3)11-10-23(21)27/h6-9,12-13H,2,4-5,10-11,14-15H2,1,3H3. The van der Waals surface area contributed by atoms with E-state index in [1.54, 1.807) is 0 Å². The van der Waals surface area contributed by atoms with Gasteiger partial charge in [0.25, 0.3) is 0 Å². The fourth-order valence-corrected chi connectivity index (χ4v) is 4.23. The topological polar surface area (TPSA) is 21.1 Å². The number of pyridine rings is 1. The number of hydrogen-bond donors (Lipinski definition) is 0. The van der Waals surface area contributed by atoms with Crippen molar-refractivity contribution in [1.29, 1.82) is 0 Å². The van der Waals surface area contributed by atoms with Gasteiger partial charge in [0, 0.05) is 59.6 Å². The Morgan fingerprint density at radius 2 is 2.11 bits per heavy atom. The first kappa shape index (κ1) is 18.3. The van der Waals surface area contributed by atoms with Crippen molar-refractivity contribution in [3.05, 3.63) is 70.6 Å². The molecule has 0 saturated heterocycles. The molecular formula is C23H26ClN3. The molecule has 0 radical (unpaired) electrons. The highest BCUT2D eigenvalue weighted by atomic mass is 35.5. The number of nitrogens with zero attached hydrogens (tertiary/aromatic N) is 3. The van der Waals surface area contributed by atoms with Gasteiger partial charge in [-0.3, -0.25) is 4.98 Å². The maximum absolute atomic E-state index is 6.30. The molecule has 0 bridgehead atoms. The molecule has 0 atom stereocenters. The van der Waals surface area contributed by atoms with Crippen LogP contribution in [0.2, 0.25) is 5.02 Å². The molecule has 0 N–H and O–H groups in total. The van der Waals surface area contributed by atoms with E-state index in [-0.39, 0.29) is 0 Å². The summed E-state index contributed by atoms with van der Waals surface area (Å²) in [5.41, 5.74) is 7.44. The van der Waals surface area contributed by atoms with E-state index in [1.807, 2.05) is 12.3 Å². The Labute approximate surface area is 166 Å². The Bertz CT molecular complexity index is 985. The van der Waals surface area contributed by atoms with Crippen LogP contribution in [0.25, 0.3) is 16.5 Å². The molecule has 4 rings (SSSR count). The third kappa shape index (κ3) is 3.54. The molecule has 1 aliphatic rings. The van der Waals surface area contributed by atoms with E-state index in [1.165, 1.54) is 22.2 Å². The molecule has 4 heteroatoms. The van der Waals surface area contributed by atoms with E-state index in [0.717, 1.165) is 60.7 Å². The smallest absolute Gasteiger partial charge is 0.0490 e. The van der Waals surface area contributed by atoms with Crippen LogP contribution in [0.4, 0.5) is 0 Å². The van der Waals surface area contributed by atoms with Crippen LogP contribution in [0.15, 0.2) is 43.1 Å². The van der Waals surface area contributed by atoms with Crippen LogP contribution in [0.3, 0.4) is 0 Å². The number of benzene rings is 1. The lowest BCUT2D eigenvalue weighted by molar-refractivity contribution is 0.310. The largest absolute Gasteiger partial charge is 0.340 e. The molecule has 0 fully saturated rings. The van der Waals surface area contributed by atoms with Crippen LogP contribution in [-0.4, -0.2) is 28.0 Å². The number of rotatable bonds is 5. The Morgan fingerprint density at radius 1 is 1.26 bits per heavy atom. The number of allylic oxidation sites excluding steroid dienone is 1. The Kier molecular flexibility index (Phi) is 5.07. The summed E-state index contributed by atoms with van der Waals surface area (Å²) in [6.45, 7) is 9.38. The first-order chi connectivity index (χ1) is 13.1. The Balaban J connectivity index is 1.70. The van der Waals surface area contributed by atoms with Crippen LogP contribution >= 0.6 is 11.6 Å². The van der Waals surface area contributed by atoms with Crippen LogP contribution in [0, 0.1) is 0 Å². The number of likely N-dealkylation sites (N-methyl/N-ethyl adjacent to an activating group) is 1. The van der Waals surface area contributed by atoms with E-state index < -0.39 is 0 Å². The van der Waals surface area contributed by atoms with E-state index in [0.29, 0.717) is 0 Å². The molecule has 0 aliphatic carbocycles. The second-order valence-corrected chi connectivity index (χ2v) is 7.99. The predicted molar refractivity (Wildman–Crippen MR) is 114 cm³/mol. The summed E-state index contributed by atoms with van der Waals surface area (Å²) >= 11 is 6.30. The van der Waals surface area contributed by atoms with E-state index in [2.05, 4.69) is 59.3 Å². The minimum Gasteiger partial charge on any atom is -0.340 e. The summed E-state index contributed by atoms with van der Waals surface area (Å²) in [7, 11) is 2.18. The summed E-state index contributed by atoms with van der Waals surface area (Å²) in [5, 5.41) is 2.07. The lowest BCUT2D eigenvalue weighted by Gasteiger charge is -2.24. The molecule has 1 aliphatic heterocycles. The second kappa shape index (κ2) is 7.49. The van der Waals surface area contributed by atoms with E-state index in [4.69, 9.17) is 11.6 Å². The molecule has 140 valence electrons. The van der Waals surface area contributed by atoms with Gasteiger partial charge in [-0.25, -0.2) is 0 Å². The van der Waals surface area contributed by atoms with Gasteiger partial charge in [0.15, 0.2) is 0 Å². The first-order valence-electron chi connectivity index (χ1n) is 9.68. The van der Waals surface area contributed by atoms with Gasteiger partial charge in [-0.1, -0.05) is 37.6 Å². The van der Waals surface area contributed by atoms with Gasteiger partial charge in [0.1, 0.15) is 0 Å². The lowest BCUT2D eigenvalue weighted by atomic mass is 10.0. The summed E-state index contributed by atoms with van der Waals surface area (Å²) in [6.07, 6.45) is 5.16. The Morgan fingerprint density at radius 3 is 2.85 bits per heavy atom. The highest BCUT2D eigenvalue weighted by molar-refractivity contribution is 6.31. The molecule has 0 spiro atoms. The van der Waals surface area contributed by atoms with Crippen LogP contribution in [-0.2, 0) is 25.9 Å². The maximum atomic E-state index is 6.30. The van der Waals surface area contributed by atoms with Crippen molar-refractivity contribution in [2.24, 2.45) is 0 Å². The van der Waals surface area contributed by atoms with Gasteiger partial charge in [-0.2, -0.15) is 0 Å². The maximum Gasteiger partial charge on any atom is 0.0490 e. The molecule has 0 unspecified atom stereocenters. The molecule has 3 aromatic rings. The molecule has 2 aromatic heterocycles. The van der Waals surface area contributed by atoms with Crippen LogP contribution in [0.5, 0.6) is 0 Å². The average molecular weight is 380 g/mol. The molecule has 27 heavy (non-hydrogen) atoms. The van der Waals surface area contributed by atoms with Crippen molar-refractivity contribution in [3.8, 4) is 0 Å². The molecule has 1 aromatic carbocycles. The van der Waals surface area contributed by atoms with Crippen LogP contribution in [0.1, 0.15) is 35.9 Å². The fourth-order valence-electron chi connectivity index (χ4n) is 4.06. The van der Waals surface area contributed by atoms with Crippen molar-refractivity contribution in [3.63, 3.8) is 0 Å². The zero-order valence-corrected chi connectivity index (χ0v) is 16.9. The van der Waals surface area contributed by atoms with Gasteiger partial charge in [0.2, 0.25) is 0 Å². The third-order valence-electron chi connectivity index (χ3n) is 5.50. The lowest BCUT2D eigenvalue weighted by Crippen LogP contribution is -2.27. The minimum absolute atomic E-state index is 0.784. The summed E-state index contributed by atoms with van der Waals surface area (Å²) in [4.78, 5) is 6.97. The number of fused-ring (bicyclic) bond motifs is 3. The summed E-state index contributed by atoms with van der Waals surface area (Å²) < 4.78 is 2.43. The molecule has 3 nitrogen and oxygen atoms in total. The molecule has 3 heterocycles. The van der Waals surface area contributed by atoms with Gasteiger partial charge in [-0.15, -0.1) is 0 Å². The molecule has 0 saturated carbocycles. The van der Waals surface area contributed by atoms with Gasteiger partial charge < -0.3 is 9.47 Å². The van der Waals surface area contributed by atoms with Crippen molar-refractivity contribution in [1.82, 2.24) is 14.5 Å². The monoisotopic (exact) mass is 379 g/mol.